The Hall–Kier alpha value is -2.41. The van der Waals surface area contributed by atoms with Crippen LogP contribution in [0.15, 0.2) is 48.5 Å². The summed E-state index contributed by atoms with van der Waals surface area (Å²) in [6.07, 6.45) is 0. The van der Waals surface area contributed by atoms with Gasteiger partial charge in [0.25, 0.3) is 5.91 Å². The van der Waals surface area contributed by atoms with Crippen molar-refractivity contribution in [3.63, 3.8) is 0 Å². The van der Waals surface area contributed by atoms with Crippen molar-refractivity contribution in [2.45, 2.75) is 18.3 Å². The monoisotopic (exact) mass is 377 g/mol. The normalized spacial score (nSPS) is 19.4. The second-order valence-corrected chi connectivity index (χ2v) is 6.84. The molecule has 3 rings (SSSR count). The topological polar surface area (TPSA) is 46.6 Å². The number of benzene rings is 2. The number of amides is 1. The van der Waals surface area contributed by atoms with E-state index in [1.165, 1.54) is 53.1 Å². The van der Waals surface area contributed by atoms with Gasteiger partial charge in [-0.2, -0.15) is 0 Å². The molecule has 1 fully saturated rings. The van der Waals surface area contributed by atoms with E-state index in [1.807, 2.05) is 0 Å². The average Bonchev–Trinajstić information content (AvgIpc) is 3.07. The van der Waals surface area contributed by atoms with E-state index in [1.54, 1.807) is 19.1 Å². The van der Waals surface area contributed by atoms with Gasteiger partial charge in [0.15, 0.2) is 0 Å². The summed E-state index contributed by atoms with van der Waals surface area (Å²) in [7, 11) is 0. The first-order valence-electron chi connectivity index (χ1n) is 8.13. The van der Waals surface area contributed by atoms with E-state index < -0.39 is 29.1 Å². The van der Waals surface area contributed by atoms with Crippen LogP contribution in [0.4, 0.5) is 8.78 Å². The summed E-state index contributed by atoms with van der Waals surface area (Å²) >= 11 is 1.41. The lowest BCUT2D eigenvalue weighted by Crippen LogP contribution is -2.43. The van der Waals surface area contributed by atoms with Crippen molar-refractivity contribution in [3.8, 4) is 0 Å². The third kappa shape index (κ3) is 3.72. The zero-order valence-corrected chi connectivity index (χ0v) is 14.8. The molecule has 7 heteroatoms. The highest BCUT2D eigenvalue weighted by molar-refractivity contribution is 7.99. The Balaban J connectivity index is 1.96. The molecule has 1 saturated heterocycles. The molecule has 0 aromatic heterocycles. The van der Waals surface area contributed by atoms with E-state index in [9.17, 15) is 18.4 Å². The second kappa shape index (κ2) is 7.86. The molecule has 0 radical (unpaired) electrons. The quantitative estimate of drug-likeness (QED) is 0.761. The molecular weight excluding hydrogens is 360 g/mol. The Morgan fingerprint density at radius 3 is 2.23 bits per heavy atom. The molecule has 2 atom stereocenters. The minimum absolute atomic E-state index is 0.208. The fraction of sp³-hybridized carbons (Fsp3) is 0.263. The molecule has 4 nitrogen and oxygen atoms in total. The van der Waals surface area contributed by atoms with Gasteiger partial charge >= 0.3 is 5.97 Å². The Morgan fingerprint density at radius 2 is 1.65 bits per heavy atom. The first-order chi connectivity index (χ1) is 12.5. The van der Waals surface area contributed by atoms with E-state index >= 15 is 0 Å². The SMILES string of the molecule is CCOC(=O)C1CSC(c2ccc(F)cc2)N1C(=O)c1ccc(F)cc1. The molecule has 0 saturated carbocycles. The van der Waals surface area contributed by atoms with Crippen LogP contribution < -0.4 is 0 Å². The van der Waals surface area contributed by atoms with Crippen molar-refractivity contribution in [3.05, 3.63) is 71.3 Å². The molecule has 0 bridgehead atoms. The van der Waals surface area contributed by atoms with Crippen molar-refractivity contribution >= 4 is 23.6 Å². The van der Waals surface area contributed by atoms with Crippen molar-refractivity contribution in [2.24, 2.45) is 0 Å². The lowest BCUT2D eigenvalue weighted by Gasteiger charge is -2.28. The third-order valence-electron chi connectivity index (χ3n) is 4.04. The van der Waals surface area contributed by atoms with Gasteiger partial charge in [-0.25, -0.2) is 13.6 Å². The first-order valence-corrected chi connectivity index (χ1v) is 9.18. The predicted octanol–water partition coefficient (Wildman–Crippen LogP) is 3.78. The van der Waals surface area contributed by atoms with Crippen molar-refractivity contribution in [1.29, 1.82) is 0 Å². The number of carbonyl (C=O) groups excluding carboxylic acids is 2. The smallest absolute Gasteiger partial charge is 0.329 e. The molecule has 0 N–H and O–H groups in total. The molecule has 136 valence electrons. The zero-order valence-electron chi connectivity index (χ0n) is 14.0. The summed E-state index contributed by atoms with van der Waals surface area (Å²) in [5.41, 5.74) is 0.981. The highest BCUT2D eigenvalue weighted by Crippen LogP contribution is 2.42. The van der Waals surface area contributed by atoms with E-state index in [0.29, 0.717) is 11.3 Å². The number of hydrogen-bond donors (Lipinski definition) is 0. The molecule has 1 amide bonds. The van der Waals surface area contributed by atoms with Crippen LogP contribution in [0.1, 0.15) is 28.2 Å². The van der Waals surface area contributed by atoms with Crippen molar-refractivity contribution < 1.29 is 23.1 Å². The molecule has 0 spiro atoms. The van der Waals surface area contributed by atoms with Gasteiger partial charge in [0, 0.05) is 11.3 Å². The summed E-state index contributed by atoms with van der Waals surface area (Å²) in [5.74, 6) is -1.35. The number of hydrogen-bond acceptors (Lipinski definition) is 4. The van der Waals surface area contributed by atoms with E-state index in [4.69, 9.17) is 4.74 Å². The molecule has 1 heterocycles. The van der Waals surface area contributed by atoms with Crippen LogP contribution in [-0.2, 0) is 9.53 Å². The number of ether oxygens (including phenoxy) is 1. The number of carbonyl (C=O) groups is 2. The molecule has 26 heavy (non-hydrogen) atoms. The fourth-order valence-electron chi connectivity index (χ4n) is 2.80. The summed E-state index contributed by atoms with van der Waals surface area (Å²) in [5, 5.41) is -0.456. The summed E-state index contributed by atoms with van der Waals surface area (Å²) < 4.78 is 31.5. The zero-order chi connectivity index (χ0) is 18.7. The van der Waals surface area contributed by atoms with Crippen LogP contribution in [0.2, 0.25) is 0 Å². The molecular formula is C19H17F2NO3S. The highest BCUT2D eigenvalue weighted by Gasteiger charge is 2.43. The largest absolute Gasteiger partial charge is 0.464 e. The Labute approximate surface area is 154 Å². The van der Waals surface area contributed by atoms with Gasteiger partial charge in [-0.1, -0.05) is 12.1 Å². The minimum Gasteiger partial charge on any atom is -0.464 e. The van der Waals surface area contributed by atoms with Gasteiger partial charge in [-0.15, -0.1) is 11.8 Å². The number of thioether (sulfide) groups is 1. The maximum absolute atomic E-state index is 13.2. The summed E-state index contributed by atoms with van der Waals surface area (Å²) in [6.45, 7) is 1.91. The van der Waals surface area contributed by atoms with Gasteiger partial charge in [-0.05, 0) is 48.9 Å². The number of halogens is 2. The van der Waals surface area contributed by atoms with Crippen LogP contribution in [0, 0.1) is 11.6 Å². The maximum atomic E-state index is 13.2. The van der Waals surface area contributed by atoms with E-state index in [0.717, 1.165) is 0 Å². The average molecular weight is 377 g/mol. The van der Waals surface area contributed by atoms with Gasteiger partial charge in [0.1, 0.15) is 23.1 Å². The molecule has 1 aliphatic heterocycles. The number of rotatable bonds is 4. The van der Waals surface area contributed by atoms with Crippen molar-refractivity contribution in [1.82, 2.24) is 4.90 Å². The number of nitrogens with zero attached hydrogens (tertiary/aromatic N) is 1. The summed E-state index contributed by atoms with van der Waals surface area (Å²) in [6, 6.07) is 10.2. The molecule has 0 aliphatic carbocycles. The van der Waals surface area contributed by atoms with E-state index in [-0.39, 0.29) is 18.0 Å². The number of esters is 1. The van der Waals surface area contributed by atoms with Gasteiger partial charge < -0.3 is 9.64 Å². The van der Waals surface area contributed by atoms with Gasteiger partial charge in [0.2, 0.25) is 0 Å². The third-order valence-corrected chi connectivity index (χ3v) is 5.36. The van der Waals surface area contributed by atoms with Crippen LogP contribution in [0.5, 0.6) is 0 Å². The fourth-order valence-corrected chi connectivity index (χ4v) is 4.21. The first kappa shape index (κ1) is 18.4. The van der Waals surface area contributed by atoms with Crippen LogP contribution in [-0.4, -0.2) is 35.2 Å². The molecule has 2 aromatic carbocycles. The highest BCUT2D eigenvalue weighted by atomic mass is 32.2. The lowest BCUT2D eigenvalue weighted by molar-refractivity contribution is -0.147. The lowest BCUT2D eigenvalue weighted by atomic mass is 10.1. The van der Waals surface area contributed by atoms with Crippen LogP contribution >= 0.6 is 11.8 Å². The Morgan fingerprint density at radius 1 is 1.08 bits per heavy atom. The predicted molar refractivity (Wildman–Crippen MR) is 94.6 cm³/mol. The van der Waals surface area contributed by atoms with E-state index in [2.05, 4.69) is 0 Å². The molecule has 2 unspecified atom stereocenters. The molecule has 2 aromatic rings. The minimum atomic E-state index is -0.757. The molecule has 1 aliphatic rings. The standard InChI is InChI=1S/C19H17F2NO3S/c1-2-25-19(24)16-11-26-18(13-5-9-15(21)10-6-13)22(16)17(23)12-3-7-14(20)8-4-12/h3-10,16,18H,2,11H2,1H3. The summed E-state index contributed by atoms with van der Waals surface area (Å²) in [4.78, 5) is 26.8. The Kier molecular flexibility index (Phi) is 5.56. The van der Waals surface area contributed by atoms with Crippen LogP contribution in [0.25, 0.3) is 0 Å². The maximum Gasteiger partial charge on any atom is 0.329 e. The van der Waals surface area contributed by atoms with Crippen LogP contribution in [0.3, 0.4) is 0 Å². The second-order valence-electron chi connectivity index (χ2n) is 5.72. The van der Waals surface area contributed by atoms with Gasteiger partial charge in [0.05, 0.1) is 6.61 Å². The Bertz CT molecular complexity index is 795. The van der Waals surface area contributed by atoms with Gasteiger partial charge in [-0.3, -0.25) is 4.79 Å². The van der Waals surface area contributed by atoms with Crippen molar-refractivity contribution in [2.75, 3.05) is 12.4 Å².